The number of aryl methyl sites for hydroxylation is 1. The van der Waals surface area contributed by atoms with E-state index in [4.69, 9.17) is 14.0 Å². The van der Waals surface area contributed by atoms with E-state index in [1.165, 1.54) is 18.0 Å². The number of aromatic nitrogens is 4. The van der Waals surface area contributed by atoms with E-state index in [1.54, 1.807) is 25.2 Å². The molecular formula is C31H37F4N7O4S. The summed E-state index contributed by atoms with van der Waals surface area (Å²) in [5, 5.41) is 14.4. The standard InChI is InChI=1S/C31H37F4N7O4S/c1-5-16-10-22(25(32)23(6-2)42(16)17-14-45-15-17)37-21-9-7-8-18-19(11-31(33,34)35)27(47-26(18)21)28-38-24(46-40-28)12-36-29(43)20-13-41(3)39-30(20)44-4/h7-9,13,16-17,22-23,25,37H,5-6,10-12,14-15H2,1-4H3,(H,36,43). The lowest BCUT2D eigenvalue weighted by atomic mass is 9.85. The smallest absolute Gasteiger partial charge is 0.393 e. The zero-order chi connectivity index (χ0) is 33.5. The number of rotatable bonds is 11. The number of amides is 1. The second kappa shape index (κ2) is 13.4. The van der Waals surface area contributed by atoms with Gasteiger partial charge in [0.1, 0.15) is 11.7 Å². The minimum atomic E-state index is -4.51. The van der Waals surface area contributed by atoms with Gasteiger partial charge in [-0.2, -0.15) is 18.2 Å². The highest BCUT2D eigenvalue weighted by Gasteiger charge is 2.46. The van der Waals surface area contributed by atoms with Gasteiger partial charge < -0.3 is 24.6 Å². The van der Waals surface area contributed by atoms with Crippen LogP contribution < -0.4 is 15.4 Å². The lowest BCUT2D eigenvalue weighted by Crippen LogP contribution is -2.65. The van der Waals surface area contributed by atoms with Crippen molar-refractivity contribution in [2.45, 2.75) is 82.6 Å². The van der Waals surface area contributed by atoms with Crippen LogP contribution in [0.1, 0.15) is 54.9 Å². The molecule has 4 aromatic rings. The molecule has 6 rings (SSSR count). The van der Waals surface area contributed by atoms with Gasteiger partial charge in [-0.05, 0) is 36.3 Å². The van der Waals surface area contributed by atoms with E-state index in [1.807, 2.05) is 6.92 Å². The van der Waals surface area contributed by atoms with Crippen LogP contribution in [-0.4, -0.2) is 87.6 Å². The van der Waals surface area contributed by atoms with Gasteiger partial charge in [-0.25, -0.2) is 4.39 Å². The van der Waals surface area contributed by atoms with Crippen LogP contribution >= 0.6 is 11.3 Å². The van der Waals surface area contributed by atoms with Crippen LogP contribution in [-0.2, 0) is 24.8 Å². The summed E-state index contributed by atoms with van der Waals surface area (Å²) in [5.41, 5.74) is 0.758. The summed E-state index contributed by atoms with van der Waals surface area (Å²) < 4.78 is 75.7. The fourth-order valence-electron chi connectivity index (χ4n) is 6.65. The molecule has 4 unspecified atom stereocenters. The van der Waals surface area contributed by atoms with Crippen LogP contribution in [0.15, 0.2) is 28.9 Å². The van der Waals surface area contributed by atoms with Crippen LogP contribution in [0.4, 0.5) is 23.2 Å². The van der Waals surface area contributed by atoms with Crippen LogP contribution in [0.5, 0.6) is 5.88 Å². The first-order valence-corrected chi connectivity index (χ1v) is 16.4. The van der Waals surface area contributed by atoms with Gasteiger partial charge in [0.15, 0.2) is 0 Å². The average Bonchev–Trinajstić information content (AvgIpc) is 3.73. The molecule has 2 saturated heterocycles. The summed E-state index contributed by atoms with van der Waals surface area (Å²) in [5.74, 6) is -0.393. The molecule has 47 heavy (non-hydrogen) atoms. The van der Waals surface area contributed by atoms with Crippen molar-refractivity contribution in [3.8, 4) is 16.6 Å². The Kier molecular flexibility index (Phi) is 9.45. The first-order chi connectivity index (χ1) is 22.5. The van der Waals surface area contributed by atoms with E-state index in [9.17, 15) is 18.0 Å². The Morgan fingerprint density at radius 3 is 2.66 bits per heavy atom. The van der Waals surface area contributed by atoms with Crippen LogP contribution in [0.25, 0.3) is 20.8 Å². The molecule has 0 aliphatic carbocycles. The first-order valence-electron chi connectivity index (χ1n) is 15.6. The van der Waals surface area contributed by atoms with E-state index in [-0.39, 0.29) is 58.3 Å². The summed E-state index contributed by atoms with van der Waals surface area (Å²) in [4.78, 5) is 19.5. The van der Waals surface area contributed by atoms with Gasteiger partial charge in [-0.3, -0.25) is 14.4 Å². The predicted octanol–water partition coefficient (Wildman–Crippen LogP) is 5.51. The molecule has 2 N–H and O–H groups in total. The number of hydrogen-bond acceptors (Lipinski definition) is 10. The van der Waals surface area contributed by atoms with Crippen molar-refractivity contribution in [1.29, 1.82) is 0 Å². The number of benzene rings is 1. The molecule has 5 heterocycles. The highest BCUT2D eigenvalue weighted by molar-refractivity contribution is 7.23. The summed E-state index contributed by atoms with van der Waals surface area (Å²) in [6.45, 7) is 5.10. The normalized spacial score (nSPS) is 22.4. The van der Waals surface area contributed by atoms with Crippen LogP contribution in [0, 0.1) is 0 Å². The van der Waals surface area contributed by atoms with E-state index in [0.29, 0.717) is 41.8 Å². The fraction of sp³-hybridized carbons (Fsp3) is 0.548. The van der Waals surface area contributed by atoms with E-state index < -0.39 is 30.7 Å². The first kappa shape index (κ1) is 33.2. The third-order valence-corrected chi connectivity index (χ3v) is 10.1. The van der Waals surface area contributed by atoms with Crippen molar-refractivity contribution in [2.75, 3.05) is 25.6 Å². The highest BCUT2D eigenvalue weighted by Crippen LogP contribution is 2.44. The Morgan fingerprint density at radius 1 is 1.21 bits per heavy atom. The molecule has 0 spiro atoms. The molecule has 254 valence electrons. The third-order valence-electron chi connectivity index (χ3n) is 8.85. The number of carbonyl (C=O) groups excluding carboxylic acids is 1. The number of nitrogens with zero attached hydrogens (tertiary/aromatic N) is 5. The number of halogens is 4. The molecular weight excluding hydrogens is 642 g/mol. The zero-order valence-corrected chi connectivity index (χ0v) is 27.3. The molecule has 3 aromatic heterocycles. The van der Waals surface area contributed by atoms with E-state index in [0.717, 1.165) is 17.8 Å². The van der Waals surface area contributed by atoms with Gasteiger partial charge in [0.25, 0.3) is 5.91 Å². The number of piperidine rings is 1. The van der Waals surface area contributed by atoms with Gasteiger partial charge in [0, 0.05) is 25.3 Å². The molecule has 1 aromatic carbocycles. The fourth-order valence-corrected chi connectivity index (χ4v) is 7.87. The average molecular weight is 680 g/mol. The molecule has 4 atom stereocenters. The van der Waals surface area contributed by atoms with Crippen LogP contribution in [0.3, 0.4) is 0 Å². The number of nitrogens with one attached hydrogen (secondary N) is 2. The van der Waals surface area contributed by atoms with Crippen molar-refractivity contribution >= 4 is 33.0 Å². The number of likely N-dealkylation sites (tertiary alicyclic amines) is 1. The van der Waals surface area contributed by atoms with E-state index >= 15 is 4.39 Å². The van der Waals surface area contributed by atoms with E-state index in [2.05, 4.69) is 37.7 Å². The van der Waals surface area contributed by atoms with Crippen molar-refractivity contribution in [2.24, 2.45) is 7.05 Å². The van der Waals surface area contributed by atoms with Gasteiger partial charge in [-0.15, -0.1) is 16.4 Å². The summed E-state index contributed by atoms with van der Waals surface area (Å²) in [7, 11) is 3.03. The minimum Gasteiger partial charge on any atom is -0.479 e. The molecule has 11 nitrogen and oxygen atoms in total. The third kappa shape index (κ3) is 6.67. The lowest BCUT2D eigenvalue weighted by molar-refractivity contribution is -0.126. The summed E-state index contributed by atoms with van der Waals surface area (Å²) >= 11 is 1.10. The quantitative estimate of drug-likeness (QED) is 0.198. The van der Waals surface area contributed by atoms with Crippen molar-refractivity contribution in [3.05, 3.63) is 41.4 Å². The second-order valence-electron chi connectivity index (χ2n) is 11.9. The Labute approximate surface area is 272 Å². The maximum absolute atomic E-state index is 16.2. The number of carbonyl (C=O) groups is 1. The Bertz CT molecular complexity index is 1720. The molecule has 2 aliphatic heterocycles. The number of anilines is 1. The molecule has 0 saturated carbocycles. The number of hydrogen-bond donors (Lipinski definition) is 2. The Balaban J connectivity index is 1.28. The number of methoxy groups -OCH3 is 1. The molecule has 2 aliphatic rings. The largest absolute Gasteiger partial charge is 0.479 e. The molecule has 2 fully saturated rings. The molecule has 16 heteroatoms. The number of fused-ring (bicyclic) bond motifs is 1. The maximum Gasteiger partial charge on any atom is 0.393 e. The van der Waals surface area contributed by atoms with Gasteiger partial charge >= 0.3 is 6.18 Å². The zero-order valence-electron chi connectivity index (χ0n) is 26.4. The topological polar surface area (TPSA) is 120 Å². The van der Waals surface area contributed by atoms with Gasteiger partial charge in [0.2, 0.25) is 17.6 Å². The monoisotopic (exact) mass is 679 g/mol. The van der Waals surface area contributed by atoms with Gasteiger partial charge in [-0.1, -0.05) is 31.1 Å². The number of thiophene rings is 1. The summed E-state index contributed by atoms with van der Waals surface area (Å²) in [6.07, 6.45) is -3.39. The van der Waals surface area contributed by atoms with Gasteiger partial charge in [0.05, 0.1) is 60.6 Å². The molecule has 1 amide bonds. The second-order valence-corrected chi connectivity index (χ2v) is 12.9. The Hall–Kier alpha value is -3.76. The number of ether oxygens (including phenoxy) is 2. The maximum atomic E-state index is 16.2. The lowest BCUT2D eigenvalue weighted by Gasteiger charge is -2.52. The van der Waals surface area contributed by atoms with Crippen molar-refractivity contribution in [3.63, 3.8) is 0 Å². The van der Waals surface area contributed by atoms with Crippen molar-refractivity contribution in [1.82, 2.24) is 30.1 Å². The minimum absolute atomic E-state index is 0.00470. The van der Waals surface area contributed by atoms with Crippen molar-refractivity contribution < 1.29 is 36.4 Å². The molecule has 0 radical (unpaired) electrons. The Morgan fingerprint density at radius 2 is 2.00 bits per heavy atom. The highest BCUT2D eigenvalue weighted by atomic mass is 32.1. The predicted molar refractivity (Wildman–Crippen MR) is 167 cm³/mol. The van der Waals surface area contributed by atoms with Crippen LogP contribution in [0.2, 0.25) is 0 Å². The SMILES string of the molecule is CCC1CC(Nc2cccc3c(CC(F)(F)F)c(-c4noc(CNC(=O)c5cn(C)nc5OC)n4)sc23)C(F)C(CC)N1C1COC1. The number of alkyl halides is 4. The molecule has 0 bridgehead atoms. The summed E-state index contributed by atoms with van der Waals surface area (Å²) in [6, 6.07) is 4.59.